The molecule has 3 rings (SSSR count). The quantitative estimate of drug-likeness (QED) is 0.560. The molecule has 0 bridgehead atoms. The van der Waals surface area contributed by atoms with Crippen molar-refractivity contribution in [3.63, 3.8) is 0 Å². The monoisotopic (exact) mass is 397 g/mol. The molecule has 1 saturated carbocycles. The number of aromatic amines is 1. The summed E-state index contributed by atoms with van der Waals surface area (Å²) in [6, 6.07) is 3.92. The van der Waals surface area contributed by atoms with Gasteiger partial charge in [-0.3, -0.25) is 9.69 Å². The van der Waals surface area contributed by atoms with Gasteiger partial charge in [0.2, 0.25) is 10.0 Å². The fourth-order valence-electron chi connectivity index (χ4n) is 3.45. The molecule has 1 saturated heterocycles. The molecule has 1 aliphatic carbocycles. The molecule has 1 aromatic heterocycles. The number of hydrogen-bond acceptors (Lipinski definition) is 4. The van der Waals surface area contributed by atoms with E-state index in [0.29, 0.717) is 25.7 Å². The summed E-state index contributed by atoms with van der Waals surface area (Å²) >= 11 is 0. The van der Waals surface area contributed by atoms with Gasteiger partial charge < -0.3 is 10.2 Å². The molecule has 1 amide bonds. The Hall–Kier alpha value is -1.71. The summed E-state index contributed by atoms with van der Waals surface area (Å²) in [4.78, 5) is 18.9. The minimum Gasteiger partial charge on any atom is -0.348 e. The summed E-state index contributed by atoms with van der Waals surface area (Å²) in [5.41, 5.74) is 0. The van der Waals surface area contributed by atoms with E-state index in [9.17, 15) is 13.2 Å². The highest BCUT2D eigenvalue weighted by Gasteiger charge is 2.30. The first-order chi connectivity index (χ1) is 12.9. The van der Waals surface area contributed by atoms with Gasteiger partial charge in [-0.15, -0.1) is 0 Å². The fraction of sp³-hybridized carbons (Fsp3) is 0.667. The van der Waals surface area contributed by atoms with Gasteiger partial charge in [0.25, 0.3) is 11.7 Å². The van der Waals surface area contributed by atoms with Crippen molar-refractivity contribution in [2.45, 2.75) is 37.6 Å². The van der Waals surface area contributed by atoms with Gasteiger partial charge in [0.05, 0.1) is 0 Å². The highest BCUT2D eigenvalue weighted by atomic mass is 32.2. The third-order valence-corrected chi connectivity index (χ3v) is 7.32. The number of sulfonamides is 1. The number of nitrogens with one attached hydrogen (secondary N) is 3. The summed E-state index contributed by atoms with van der Waals surface area (Å²) < 4.78 is 26.6. The molecule has 8 nitrogen and oxygen atoms in total. The van der Waals surface area contributed by atoms with Gasteiger partial charge in [0, 0.05) is 25.2 Å². The minimum absolute atomic E-state index is 0.151. The molecule has 1 aliphatic heterocycles. The van der Waals surface area contributed by atoms with Crippen molar-refractivity contribution in [2.75, 3.05) is 50.7 Å². The van der Waals surface area contributed by atoms with E-state index in [1.54, 1.807) is 12.3 Å². The van der Waals surface area contributed by atoms with Crippen LogP contribution in [0.4, 0.5) is 5.82 Å². The van der Waals surface area contributed by atoms with Crippen molar-refractivity contribution < 1.29 is 23.1 Å². The number of pyridine rings is 1. The first kappa shape index (κ1) is 20.0. The number of hydrogen-bond donors (Lipinski definition) is 2. The second-order valence-corrected chi connectivity index (χ2v) is 9.19. The average Bonchev–Trinajstić information content (AvgIpc) is 3.47. The van der Waals surface area contributed by atoms with Crippen molar-refractivity contribution in [3.05, 3.63) is 18.3 Å². The zero-order valence-electron chi connectivity index (χ0n) is 16.2. The van der Waals surface area contributed by atoms with Gasteiger partial charge in [-0.2, -0.15) is 4.31 Å². The maximum Gasteiger partial charge on any atom is 0.275 e. The molecule has 0 aromatic carbocycles. The number of nitrogens with zero attached hydrogens (tertiary/aromatic N) is 2. The Morgan fingerprint density at radius 3 is 2.44 bits per heavy atom. The number of H-pyrrole nitrogens is 1. The van der Waals surface area contributed by atoms with Crippen LogP contribution in [0.2, 0.25) is 0 Å². The van der Waals surface area contributed by atoms with E-state index >= 15 is 0 Å². The summed E-state index contributed by atoms with van der Waals surface area (Å²) in [5, 5.41) is 3.04. The number of quaternary nitrogens is 1. The van der Waals surface area contributed by atoms with E-state index in [1.165, 1.54) is 9.21 Å². The van der Waals surface area contributed by atoms with Crippen LogP contribution in [0.1, 0.15) is 26.7 Å². The Morgan fingerprint density at radius 2 is 1.93 bits per heavy atom. The average molecular weight is 398 g/mol. The lowest BCUT2D eigenvalue weighted by atomic mass is 10.3. The van der Waals surface area contributed by atoms with Crippen molar-refractivity contribution in [2.24, 2.45) is 0 Å². The van der Waals surface area contributed by atoms with Crippen LogP contribution in [0, 0.1) is 0 Å². The molecule has 27 heavy (non-hydrogen) atoms. The number of piperazine rings is 1. The summed E-state index contributed by atoms with van der Waals surface area (Å²) in [6.45, 7) is 8.60. The van der Waals surface area contributed by atoms with Gasteiger partial charge in [-0.1, -0.05) is 13.8 Å². The van der Waals surface area contributed by atoms with E-state index in [-0.39, 0.29) is 10.8 Å². The van der Waals surface area contributed by atoms with Gasteiger partial charge >= 0.3 is 0 Å². The number of carbonyl (C=O) groups excluding carboxylic acids is 1. The molecule has 2 heterocycles. The van der Waals surface area contributed by atoms with Crippen molar-refractivity contribution in [1.29, 1.82) is 0 Å². The lowest BCUT2D eigenvalue weighted by Crippen LogP contribution is -3.16. The largest absolute Gasteiger partial charge is 0.348 e. The van der Waals surface area contributed by atoms with Crippen molar-refractivity contribution in [1.82, 2.24) is 9.62 Å². The van der Waals surface area contributed by atoms with Gasteiger partial charge in [-0.25, -0.2) is 13.4 Å². The smallest absolute Gasteiger partial charge is 0.275 e. The van der Waals surface area contributed by atoms with E-state index in [1.807, 2.05) is 19.9 Å². The van der Waals surface area contributed by atoms with E-state index < -0.39 is 10.0 Å². The van der Waals surface area contributed by atoms with Gasteiger partial charge in [-0.05, 0) is 18.9 Å². The number of carbonyl (C=O) groups is 1. The Morgan fingerprint density at radius 1 is 1.26 bits per heavy atom. The Kier molecular flexibility index (Phi) is 6.33. The molecule has 2 fully saturated rings. The standard InChI is InChI=1S/C18H29N5O3S/c1-3-23(4-2)27(25,26)16-7-8-17(19-13-16)22-11-9-21(10-12-22)14-18(24)20-15-5-6-15/h7-8,13,15H,3-6,9-12,14H2,1-2H3,(H,20,24)/p+2. The van der Waals surface area contributed by atoms with Crippen LogP contribution in [-0.4, -0.2) is 70.5 Å². The Balaban J connectivity index is 1.54. The maximum atomic E-state index is 12.6. The van der Waals surface area contributed by atoms with Crippen LogP contribution in [-0.2, 0) is 14.8 Å². The highest BCUT2D eigenvalue weighted by molar-refractivity contribution is 7.89. The molecule has 2 aliphatic rings. The predicted octanol–water partition coefficient (Wildman–Crippen LogP) is -1.49. The third-order valence-electron chi connectivity index (χ3n) is 5.28. The first-order valence-corrected chi connectivity index (χ1v) is 11.3. The molecule has 0 spiro atoms. The van der Waals surface area contributed by atoms with Crippen LogP contribution in [0.3, 0.4) is 0 Å². The Labute approximate surface area is 161 Å². The number of amides is 1. The number of anilines is 1. The first-order valence-electron chi connectivity index (χ1n) is 9.83. The lowest BCUT2D eigenvalue weighted by molar-refractivity contribution is -0.892. The van der Waals surface area contributed by atoms with Crippen LogP contribution >= 0.6 is 0 Å². The van der Waals surface area contributed by atoms with Gasteiger partial charge in [0.1, 0.15) is 37.3 Å². The lowest BCUT2D eigenvalue weighted by Gasteiger charge is -2.28. The van der Waals surface area contributed by atoms with Crippen LogP contribution < -0.4 is 20.1 Å². The zero-order valence-corrected chi connectivity index (χ0v) is 17.0. The van der Waals surface area contributed by atoms with Crippen LogP contribution in [0.15, 0.2) is 23.2 Å². The zero-order chi connectivity index (χ0) is 19.4. The summed E-state index contributed by atoms with van der Waals surface area (Å²) in [6.07, 6.45) is 3.81. The molecule has 0 atom stereocenters. The molecule has 150 valence electrons. The SMILES string of the molecule is CCN(CC)S(=O)(=O)c1ccc(N2CC[NH+](CC(=O)NC3CC3)CC2)[nH+]c1. The van der Waals surface area contributed by atoms with Crippen molar-refractivity contribution >= 4 is 21.7 Å². The second kappa shape index (κ2) is 8.53. The molecule has 9 heteroatoms. The van der Waals surface area contributed by atoms with Crippen LogP contribution in [0.25, 0.3) is 0 Å². The Bertz CT molecular complexity index is 737. The predicted molar refractivity (Wildman–Crippen MR) is 102 cm³/mol. The second-order valence-electron chi connectivity index (χ2n) is 7.25. The molecule has 0 radical (unpaired) electrons. The molecule has 3 N–H and O–H groups in total. The summed E-state index contributed by atoms with van der Waals surface area (Å²) in [5.74, 6) is 1.06. The third kappa shape index (κ3) is 4.97. The molecule has 0 unspecified atom stereocenters. The maximum absolute atomic E-state index is 12.6. The molecular weight excluding hydrogens is 366 g/mol. The topological polar surface area (TPSA) is 88.3 Å². The summed E-state index contributed by atoms with van der Waals surface area (Å²) in [7, 11) is -3.44. The fourth-order valence-corrected chi connectivity index (χ4v) is 4.87. The van der Waals surface area contributed by atoms with E-state index in [0.717, 1.165) is 44.8 Å². The molecule has 1 aromatic rings. The van der Waals surface area contributed by atoms with E-state index in [4.69, 9.17) is 0 Å². The molecular formula is C18H31N5O3S+2. The normalized spacial score (nSPS) is 18.7. The van der Waals surface area contributed by atoms with Gasteiger partial charge in [0.15, 0.2) is 6.54 Å². The number of aromatic nitrogens is 1. The van der Waals surface area contributed by atoms with E-state index in [2.05, 4.69) is 15.2 Å². The van der Waals surface area contributed by atoms with Crippen LogP contribution in [0.5, 0.6) is 0 Å². The van der Waals surface area contributed by atoms with Crippen molar-refractivity contribution in [3.8, 4) is 0 Å². The minimum atomic E-state index is -3.44. The highest BCUT2D eigenvalue weighted by Crippen LogP contribution is 2.18. The number of rotatable bonds is 8.